The highest BCUT2D eigenvalue weighted by atomic mass is 35.5. The highest BCUT2D eigenvalue weighted by Gasteiger charge is 2.20. The van der Waals surface area contributed by atoms with Gasteiger partial charge in [-0.25, -0.2) is 0 Å². The number of amides is 1. The van der Waals surface area contributed by atoms with Crippen LogP contribution in [0.1, 0.15) is 25.5 Å². The topological polar surface area (TPSA) is 59.3 Å². The molecule has 1 N–H and O–H groups in total. The fourth-order valence-electron chi connectivity index (χ4n) is 2.37. The van der Waals surface area contributed by atoms with E-state index in [-0.39, 0.29) is 17.2 Å². The average molecular weight is 395 g/mol. The van der Waals surface area contributed by atoms with Crippen LogP contribution >= 0.6 is 35.0 Å². The van der Waals surface area contributed by atoms with Crippen LogP contribution in [0.4, 0.5) is 0 Å². The van der Waals surface area contributed by atoms with E-state index in [1.54, 1.807) is 12.1 Å². The lowest BCUT2D eigenvalue weighted by molar-refractivity contribution is -0.120. The number of carbonyl (C=O) groups is 1. The first-order chi connectivity index (χ1) is 12.0. The van der Waals surface area contributed by atoms with Crippen molar-refractivity contribution in [2.45, 2.75) is 30.3 Å². The summed E-state index contributed by atoms with van der Waals surface area (Å²) in [6.45, 7) is 3.72. The number of hydrogen-bond acceptors (Lipinski definition) is 4. The van der Waals surface area contributed by atoms with Gasteiger partial charge in [0.05, 0.1) is 11.3 Å². The monoisotopic (exact) mass is 394 g/mol. The van der Waals surface area contributed by atoms with Crippen molar-refractivity contribution in [3.63, 3.8) is 0 Å². The Morgan fingerprint density at radius 3 is 2.76 bits per heavy atom. The lowest BCUT2D eigenvalue weighted by Crippen LogP contribution is -2.33. The summed E-state index contributed by atoms with van der Waals surface area (Å²) in [4.78, 5) is 12.5. The van der Waals surface area contributed by atoms with Gasteiger partial charge in [-0.1, -0.05) is 47.1 Å². The third-order valence-electron chi connectivity index (χ3n) is 3.72. The highest BCUT2D eigenvalue weighted by Crippen LogP contribution is 2.27. The molecule has 2 heterocycles. The molecular weight excluding hydrogens is 379 g/mol. The van der Waals surface area contributed by atoms with Crippen LogP contribution in [0.25, 0.3) is 5.65 Å². The average Bonchev–Trinajstić information content (AvgIpc) is 2.97. The summed E-state index contributed by atoms with van der Waals surface area (Å²) in [6.07, 6.45) is 1.87. The predicted octanol–water partition coefficient (Wildman–Crippen LogP) is 4.39. The summed E-state index contributed by atoms with van der Waals surface area (Å²) in [5, 5.41) is 12.6. The van der Waals surface area contributed by atoms with Gasteiger partial charge in [-0.2, -0.15) is 0 Å². The molecule has 2 atom stereocenters. The summed E-state index contributed by atoms with van der Waals surface area (Å²) < 4.78 is 1.86. The number of benzene rings is 1. The molecule has 1 aromatic carbocycles. The molecule has 130 valence electrons. The molecular formula is C17H16Cl2N4OS. The molecule has 0 fully saturated rings. The minimum atomic E-state index is -0.332. The molecule has 0 spiro atoms. The molecule has 0 bridgehead atoms. The minimum absolute atomic E-state index is 0.101. The fourth-order valence-corrected chi connectivity index (χ4v) is 3.79. The molecule has 0 aliphatic rings. The van der Waals surface area contributed by atoms with E-state index in [4.69, 9.17) is 23.2 Å². The van der Waals surface area contributed by atoms with Crippen molar-refractivity contribution in [1.29, 1.82) is 0 Å². The number of halogens is 2. The van der Waals surface area contributed by atoms with Crippen LogP contribution in [0.5, 0.6) is 0 Å². The zero-order valence-corrected chi connectivity index (χ0v) is 15.9. The van der Waals surface area contributed by atoms with Crippen LogP contribution in [0.2, 0.25) is 10.0 Å². The van der Waals surface area contributed by atoms with Crippen molar-refractivity contribution in [1.82, 2.24) is 19.9 Å². The smallest absolute Gasteiger partial charge is 0.233 e. The molecule has 1 amide bonds. The third kappa shape index (κ3) is 4.08. The quantitative estimate of drug-likeness (QED) is 0.651. The Kier molecular flexibility index (Phi) is 5.51. The van der Waals surface area contributed by atoms with Gasteiger partial charge in [0.1, 0.15) is 0 Å². The van der Waals surface area contributed by atoms with Crippen LogP contribution in [0.15, 0.2) is 47.8 Å². The molecule has 3 aromatic rings. The van der Waals surface area contributed by atoms with Crippen LogP contribution in [-0.4, -0.2) is 25.8 Å². The number of nitrogens with one attached hydrogen (secondary N) is 1. The van der Waals surface area contributed by atoms with E-state index in [9.17, 15) is 4.79 Å². The molecule has 5 nitrogen and oxygen atoms in total. The normalized spacial score (nSPS) is 13.6. The SMILES string of the molecule is C[C@H](Sc1nnc2ccccn12)C(=O)N[C@@H](C)c1ccc(Cl)cc1Cl. The lowest BCUT2D eigenvalue weighted by atomic mass is 10.1. The van der Waals surface area contributed by atoms with E-state index in [0.29, 0.717) is 15.2 Å². The second-order valence-electron chi connectivity index (χ2n) is 5.57. The van der Waals surface area contributed by atoms with Crippen LogP contribution in [-0.2, 0) is 4.79 Å². The molecule has 3 rings (SSSR count). The van der Waals surface area contributed by atoms with E-state index < -0.39 is 0 Å². The second-order valence-corrected chi connectivity index (χ2v) is 7.72. The summed E-state index contributed by atoms with van der Waals surface area (Å²) in [5.74, 6) is -0.101. The van der Waals surface area contributed by atoms with Gasteiger partial charge < -0.3 is 5.32 Å². The number of rotatable bonds is 5. The van der Waals surface area contributed by atoms with Crippen molar-refractivity contribution < 1.29 is 4.79 Å². The maximum atomic E-state index is 12.5. The zero-order chi connectivity index (χ0) is 18.0. The van der Waals surface area contributed by atoms with Gasteiger partial charge in [0.15, 0.2) is 10.8 Å². The molecule has 0 aliphatic carbocycles. The number of aromatic nitrogens is 3. The molecule has 0 aliphatic heterocycles. The maximum absolute atomic E-state index is 12.5. The first kappa shape index (κ1) is 18.0. The second kappa shape index (κ2) is 7.64. The Labute approximate surface area is 159 Å². The van der Waals surface area contributed by atoms with Crippen LogP contribution in [0, 0.1) is 0 Å². The Morgan fingerprint density at radius 2 is 2.00 bits per heavy atom. The van der Waals surface area contributed by atoms with Crippen LogP contribution < -0.4 is 5.32 Å². The Balaban J connectivity index is 1.68. The predicted molar refractivity (Wildman–Crippen MR) is 101 cm³/mol. The van der Waals surface area contributed by atoms with E-state index in [0.717, 1.165) is 11.2 Å². The minimum Gasteiger partial charge on any atom is -0.349 e. The lowest BCUT2D eigenvalue weighted by Gasteiger charge is -2.18. The first-order valence-corrected chi connectivity index (χ1v) is 9.31. The van der Waals surface area contributed by atoms with E-state index in [1.165, 1.54) is 11.8 Å². The molecule has 0 unspecified atom stereocenters. The Hall–Kier alpha value is -1.76. The van der Waals surface area contributed by atoms with Crippen molar-refractivity contribution in [2.24, 2.45) is 0 Å². The summed E-state index contributed by atoms with van der Waals surface area (Å²) >= 11 is 13.5. The van der Waals surface area contributed by atoms with Crippen molar-refractivity contribution in [3.8, 4) is 0 Å². The highest BCUT2D eigenvalue weighted by molar-refractivity contribution is 8.00. The molecule has 2 aromatic heterocycles. The van der Waals surface area contributed by atoms with E-state index >= 15 is 0 Å². The largest absolute Gasteiger partial charge is 0.349 e. The molecule has 25 heavy (non-hydrogen) atoms. The summed E-state index contributed by atoms with van der Waals surface area (Å²) in [6, 6.07) is 10.7. The van der Waals surface area contributed by atoms with Crippen molar-refractivity contribution in [3.05, 3.63) is 58.2 Å². The third-order valence-corrected chi connectivity index (χ3v) is 5.34. The number of fused-ring (bicyclic) bond motifs is 1. The van der Waals surface area contributed by atoms with E-state index in [1.807, 2.05) is 48.7 Å². The molecule has 0 saturated heterocycles. The van der Waals surface area contributed by atoms with Gasteiger partial charge >= 0.3 is 0 Å². The van der Waals surface area contributed by atoms with Crippen molar-refractivity contribution in [2.75, 3.05) is 0 Å². The maximum Gasteiger partial charge on any atom is 0.233 e. The number of carbonyl (C=O) groups excluding carboxylic acids is 1. The fraction of sp³-hybridized carbons (Fsp3) is 0.235. The van der Waals surface area contributed by atoms with Gasteiger partial charge in [0, 0.05) is 16.2 Å². The molecule has 0 radical (unpaired) electrons. The molecule has 8 heteroatoms. The number of hydrogen-bond donors (Lipinski definition) is 1. The Bertz CT molecular complexity index is 915. The van der Waals surface area contributed by atoms with Gasteiger partial charge in [-0.15, -0.1) is 10.2 Å². The van der Waals surface area contributed by atoms with Gasteiger partial charge in [-0.05, 0) is 43.7 Å². The first-order valence-electron chi connectivity index (χ1n) is 7.67. The van der Waals surface area contributed by atoms with Gasteiger partial charge in [0.2, 0.25) is 5.91 Å². The summed E-state index contributed by atoms with van der Waals surface area (Å²) in [5.41, 5.74) is 1.57. The molecule has 0 saturated carbocycles. The van der Waals surface area contributed by atoms with Gasteiger partial charge in [-0.3, -0.25) is 9.20 Å². The number of thioether (sulfide) groups is 1. The summed E-state index contributed by atoms with van der Waals surface area (Å²) in [7, 11) is 0. The Morgan fingerprint density at radius 1 is 1.20 bits per heavy atom. The van der Waals surface area contributed by atoms with E-state index in [2.05, 4.69) is 15.5 Å². The van der Waals surface area contributed by atoms with Crippen molar-refractivity contribution >= 4 is 46.5 Å². The van der Waals surface area contributed by atoms with Gasteiger partial charge in [0.25, 0.3) is 0 Å². The zero-order valence-electron chi connectivity index (χ0n) is 13.6. The standard InChI is InChI=1S/C17H16Cl2N4OS/c1-10(13-7-6-12(18)9-14(13)19)20-16(24)11(2)25-17-22-21-15-5-3-4-8-23(15)17/h3-11H,1-2H3,(H,20,24)/t10-,11-/m0/s1. The van der Waals surface area contributed by atoms with Crippen LogP contribution in [0.3, 0.4) is 0 Å². The number of pyridine rings is 1. The number of nitrogens with zero attached hydrogens (tertiary/aromatic N) is 3.